The molecule has 2 saturated heterocycles. The largest absolute Gasteiger partial charge is 0.381 e. The summed E-state index contributed by atoms with van der Waals surface area (Å²) in [5, 5.41) is 12.4. The second-order valence-electron chi connectivity index (χ2n) is 5.64. The Balaban J connectivity index is 1.77. The Bertz CT molecular complexity index is 509. The van der Waals surface area contributed by atoms with Crippen molar-refractivity contribution in [3.05, 3.63) is 29.6 Å². The highest BCUT2D eigenvalue weighted by Gasteiger charge is 2.38. The van der Waals surface area contributed by atoms with Gasteiger partial charge in [0.05, 0.1) is 5.69 Å². The van der Waals surface area contributed by atoms with Gasteiger partial charge in [-0.05, 0) is 44.9 Å². The number of piperidine rings is 1. The second kappa shape index (κ2) is 4.82. The first-order valence-corrected chi connectivity index (χ1v) is 6.86. The molecule has 2 heterocycles. The van der Waals surface area contributed by atoms with E-state index < -0.39 is 5.82 Å². The molecule has 3 rings (SSSR count). The van der Waals surface area contributed by atoms with Crippen molar-refractivity contribution in [1.29, 1.82) is 5.26 Å². The lowest BCUT2D eigenvalue weighted by atomic mass is 9.97. The number of nitrogens with one attached hydrogen (secondary N) is 1. The van der Waals surface area contributed by atoms with E-state index in [0.717, 1.165) is 12.8 Å². The maximum absolute atomic E-state index is 13.6. The van der Waals surface area contributed by atoms with Crippen LogP contribution in [0.3, 0.4) is 0 Å². The summed E-state index contributed by atoms with van der Waals surface area (Å²) in [4.78, 5) is 2.47. The van der Waals surface area contributed by atoms with Gasteiger partial charge in [-0.3, -0.25) is 0 Å². The molecule has 3 nitrogen and oxygen atoms in total. The van der Waals surface area contributed by atoms with Crippen molar-refractivity contribution in [2.45, 2.75) is 43.8 Å². The number of rotatable bonds is 2. The molecule has 2 fully saturated rings. The van der Waals surface area contributed by atoms with Crippen molar-refractivity contribution >= 4 is 5.69 Å². The Morgan fingerprint density at radius 1 is 1.32 bits per heavy atom. The Morgan fingerprint density at radius 2 is 2.00 bits per heavy atom. The smallest absolute Gasteiger partial charge is 0.143 e. The molecule has 2 bridgehead atoms. The number of anilines is 1. The van der Waals surface area contributed by atoms with Gasteiger partial charge in [-0.1, -0.05) is 6.07 Å². The zero-order valence-electron chi connectivity index (χ0n) is 11.1. The van der Waals surface area contributed by atoms with Crippen LogP contribution in [-0.2, 0) is 0 Å². The molecule has 1 aromatic rings. The molecule has 0 aromatic heterocycles. The quantitative estimate of drug-likeness (QED) is 0.887. The summed E-state index contributed by atoms with van der Waals surface area (Å²) < 4.78 is 13.6. The maximum atomic E-state index is 13.6. The molecule has 19 heavy (non-hydrogen) atoms. The summed E-state index contributed by atoms with van der Waals surface area (Å²) >= 11 is 0. The van der Waals surface area contributed by atoms with Crippen LogP contribution in [0.4, 0.5) is 10.1 Å². The zero-order valence-corrected chi connectivity index (χ0v) is 11.1. The highest BCUT2D eigenvalue weighted by Crippen LogP contribution is 2.35. The van der Waals surface area contributed by atoms with Gasteiger partial charge in [0.2, 0.25) is 0 Å². The number of halogens is 1. The van der Waals surface area contributed by atoms with E-state index in [1.54, 1.807) is 12.1 Å². The number of nitriles is 1. The standard InChI is InChI=1S/C15H18FN3/c1-19-11-5-6-12(19)8-10(7-11)18-15-4-2-3-14(16)13(15)9-17/h2-4,10-12,18H,5-8H2,1H3. The molecule has 4 heteroatoms. The molecule has 1 aromatic carbocycles. The van der Waals surface area contributed by atoms with Crippen LogP contribution in [0.2, 0.25) is 0 Å². The third-order valence-electron chi connectivity index (χ3n) is 4.58. The van der Waals surface area contributed by atoms with Crippen molar-refractivity contribution in [1.82, 2.24) is 4.90 Å². The van der Waals surface area contributed by atoms with E-state index in [0.29, 0.717) is 23.8 Å². The van der Waals surface area contributed by atoms with Gasteiger partial charge < -0.3 is 10.2 Å². The van der Waals surface area contributed by atoms with Gasteiger partial charge >= 0.3 is 0 Å². The third kappa shape index (κ3) is 2.19. The molecule has 0 radical (unpaired) electrons. The summed E-state index contributed by atoms with van der Waals surface area (Å²) in [5.74, 6) is -0.441. The van der Waals surface area contributed by atoms with Gasteiger partial charge in [-0.25, -0.2) is 4.39 Å². The fraction of sp³-hybridized carbons (Fsp3) is 0.533. The van der Waals surface area contributed by atoms with Crippen LogP contribution in [0.5, 0.6) is 0 Å². The molecule has 1 N–H and O–H groups in total. The molecule has 0 spiro atoms. The van der Waals surface area contributed by atoms with E-state index >= 15 is 0 Å². The monoisotopic (exact) mass is 259 g/mol. The number of nitrogens with zero attached hydrogens (tertiary/aromatic N) is 2. The van der Waals surface area contributed by atoms with Crippen molar-refractivity contribution < 1.29 is 4.39 Å². The molecular formula is C15H18FN3. The average Bonchev–Trinajstić information content (AvgIpc) is 2.63. The fourth-order valence-corrected chi connectivity index (χ4v) is 3.51. The zero-order chi connectivity index (χ0) is 13.4. The summed E-state index contributed by atoms with van der Waals surface area (Å²) in [6, 6.07) is 8.35. The second-order valence-corrected chi connectivity index (χ2v) is 5.64. The van der Waals surface area contributed by atoms with Crippen LogP contribution in [0.15, 0.2) is 18.2 Å². The maximum Gasteiger partial charge on any atom is 0.143 e. The molecule has 0 amide bonds. The Labute approximate surface area is 113 Å². The molecule has 2 aliphatic rings. The average molecular weight is 259 g/mol. The molecule has 100 valence electrons. The topological polar surface area (TPSA) is 39.1 Å². The lowest BCUT2D eigenvalue weighted by Gasteiger charge is -2.37. The van der Waals surface area contributed by atoms with Crippen molar-refractivity contribution in [2.75, 3.05) is 12.4 Å². The molecule has 2 aliphatic heterocycles. The van der Waals surface area contributed by atoms with Crippen LogP contribution in [-0.4, -0.2) is 30.1 Å². The Kier molecular flexibility index (Phi) is 3.16. The number of benzene rings is 1. The first kappa shape index (κ1) is 12.4. The van der Waals surface area contributed by atoms with E-state index in [1.807, 2.05) is 6.07 Å². The first-order chi connectivity index (χ1) is 9.19. The van der Waals surface area contributed by atoms with E-state index in [9.17, 15) is 4.39 Å². The van der Waals surface area contributed by atoms with Crippen molar-refractivity contribution in [3.63, 3.8) is 0 Å². The predicted molar refractivity (Wildman–Crippen MR) is 72.3 cm³/mol. The Morgan fingerprint density at radius 3 is 2.63 bits per heavy atom. The summed E-state index contributed by atoms with van der Waals surface area (Å²) in [5.41, 5.74) is 0.769. The van der Waals surface area contributed by atoms with Crippen LogP contribution in [0, 0.1) is 17.1 Å². The fourth-order valence-electron chi connectivity index (χ4n) is 3.51. The molecule has 0 saturated carbocycles. The van der Waals surface area contributed by atoms with Gasteiger partial charge in [0.1, 0.15) is 17.4 Å². The normalized spacial score (nSPS) is 30.1. The van der Waals surface area contributed by atoms with Crippen LogP contribution in [0.1, 0.15) is 31.2 Å². The molecule has 2 atom stereocenters. The van der Waals surface area contributed by atoms with Gasteiger partial charge in [0, 0.05) is 18.1 Å². The van der Waals surface area contributed by atoms with Crippen LogP contribution in [0.25, 0.3) is 0 Å². The minimum absolute atomic E-state index is 0.133. The summed E-state index contributed by atoms with van der Waals surface area (Å²) in [6.45, 7) is 0. The SMILES string of the molecule is CN1C2CCC1CC(Nc1cccc(F)c1C#N)C2. The lowest BCUT2D eigenvalue weighted by Crippen LogP contribution is -2.44. The number of hydrogen-bond acceptors (Lipinski definition) is 3. The number of fused-ring (bicyclic) bond motifs is 2. The van der Waals surface area contributed by atoms with Gasteiger partial charge in [-0.15, -0.1) is 0 Å². The predicted octanol–water partition coefficient (Wildman–Crippen LogP) is 2.73. The van der Waals surface area contributed by atoms with E-state index in [2.05, 4.69) is 17.3 Å². The van der Waals surface area contributed by atoms with Gasteiger partial charge in [0.25, 0.3) is 0 Å². The van der Waals surface area contributed by atoms with Crippen molar-refractivity contribution in [2.24, 2.45) is 0 Å². The van der Waals surface area contributed by atoms with Gasteiger partial charge in [0.15, 0.2) is 0 Å². The van der Waals surface area contributed by atoms with Crippen molar-refractivity contribution in [3.8, 4) is 6.07 Å². The highest BCUT2D eigenvalue weighted by atomic mass is 19.1. The molecular weight excluding hydrogens is 241 g/mol. The molecule has 0 aliphatic carbocycles. The molecule has 2 unspecified atom stereocenters. The van der Waals surface area contributed by atoms with Crippen LogP contribution < -0.4 is 5.32 Å². The lowest BCUT2D eigenvalue weighted by molar-refractivity contribution is 0.169. The first-order valence-electron chi connectivity index (χ1n) is 6.86. The summed E-state index contributed by atoms with van der Waals surface area (Å²) in [7, 11) is 2.20. The van der Waals surface area contributed by atoms with E-state index in [1.165, 1.54) is 18.9 Å². The number of hydrogen-bond donors (Lipinski definition) is 1. The summed E-state index contributed by atoms with van der Waals surface area (Å²) in [6.07, 6.45) is 4.67. The highest BCUT2D eigenvalue weighted by molar-refractivity contribution is 5.58. The minimum atomic E-state index is -0.441. The van der Waals surface area contributed by atoms with Crippen LogP contribution >= 0.6 is 0 Å². The minimum Gasteiger partial charge on any atom is -0.381 e. The third-order valence-corrected chi connectivity index (χ3v) is 4.58. The van der Waals surface area contributed by atoms with E-state index in [4.69, 9.17) is 5.26 Å². The van der Waals surface area contributed by atoms with Gasteiger partial charge in [-0.2, -0.15) is 5.26 Å². The Hall–Kier alpha value is -1.60. The van der Waals surface area contributed by atoms with E-state index in [-0.39, 0.29) is 5.56 Å².